The van der Waals surface area contributed by atoms with Crippen LogP contribution in [0.3, 0.4) is 0 Å². The van der Waals surface area contributed by atoms with E-state index in [1.165, 1.54) is 0 Å². The second-order valence-electron chi connectivity index (χ2n) is 7.39. The lowest BCUT2D eigenvalue weighted by Gasteiger charge is -2.17. The summed E-state index contributed by atoms with van der Waals surface area (Å²) in [4.78, 5) is 4.43. The Labute approximate surface area is 148 Å². The predicted molar refractivity (Wildman–Crippen MR) is 96.1 cm³/mol. The fraction of sp³-hybridized carbons (Fsp3) is 0.421. The molecule has 3 heterocycles. The Balaban J connectivity index is 1.75. The van der Waals surface area contributed by atoms with Crippen LogP contribution in [-0.2, 0) is 11.1 Å². The number of pyridine rings is 1. The highest BCUT2D eigenvalue weighted by Crippen LogP contribution is 2.46. The summed E-state index contributed by atoms with van der Waals surface area (Å²) in [6.07, 6.45) is 5.18. The number of methoxy groups -OCH3 is 1. The van der Waals surface area contributed by atoms with Crippen LogP contribution in [0, 0.1) is 0 Å². The van der Waals surface area contributed by atoms with Crippen LogP contribution in [0.5, 0.6) is 11.5 Å². The van der Waals surface area contributed by atoms with Gasteiger partial charge in [-0.3, -0.25) is 4.98 Å². The van der Waals surface area contributed by atoms with Crippen LogP contribution in [0.15, 0.2) is 30.6 Å². The molecule has 1 fully saturated rings. The predicted octanol–water partition coefficient (Wildman–Crippen LogP) is 3.07. The standard InChI is InChI=1S/C19H22BNO4/c1-19(2)7-16-15(4-5-17(23-3)18(16)25-19)13-6-12(9-21-10-13)14-8-20(22)24-11-14/h4-6,9-10,14,22H,7-8,11H2,1-3H3. The lowest BCUT2D eigenvalue weighted by atomic mass is 9.79. The van der Waals surface area contributed by atoms with Crippen LogP contribution in [-0.4, -0.2) is 36.4 Å². The van der Waals surface area contributed by atoms with Crippen molar-refractivity contribution in [3.63, 3.8) is 0 Å². The van der Waals surface area contributed by atoms with Gasteiger partial charge in [0.25, 0.3) is 0 Å². The monoisotopic (exact) mass is 339 g/mol. The quantitative estimate of drug-likeness (QED) is 0.871. The van der Waals surface area contributed by atoms with Crippen molar-refractivity contribution < 1.29 is 19.2 Å². The topological polar surface area (TPSA) is 60.8 Å². The van der Waals surface area contributed by atoms with Gasteiger partial charge in [-0.05, 0) is 43.4 Å². The summed E-state index contributed by atoms with van der Waals surface area (Å²) < 4.78 is 16.9. The van der Waals surface area contributed by atoms with Crippen molar-refractivity contribution in [1.82, 2.24) is 4.98 Å². The van der Waals surface area contributed by atoms with Gasteiger partial charge in [0.15, 0.2) is 11.5 Å². The number of fused-ring (bicyclic) bond motifs is 1. The Morgan fingerprint density at radius 3 is 2.88 bits per heavy atom. The molecule has 0 aliphatic carbocycles. The first-order chi connectivity index (χ1) is 12.0. The minimum atomic E-state index is -0.673. The molecule has 4 rings (SSSR count). The molecule has 2 aliphatic heterocycles. The Morgan fingerprint density at radius 1 is 1.32 bits per heavy atom. The van der Waals surface area contributed by atoms with E-state index in [1.807, 2.05) is 18.5 Å². The second-order valence-corrected chi connectivity index (χ2v) is 7.39. The van der Waals surface area contributed by atoms with Crippen LogP contribution >= 0.6 is 0 Å². The molecule has 6 heteroatoms. The van der Waals surface area contributed by atoms with E-state index in [1.54, 1.807) is 7.11 Å². The highest BCUT2D eigenvalue weighted by atomic mass is 16.5. The molecule has 130 valence electrons. The van der Waals surface area contributed by atoms with Crippen molar-refractivity contribution in [1.29, 1.82) is 0 Å². The van der Waals surface area contributed by atoms with Crippen molar-refractivity contribution in [2.75, 3.05) is 13.7 Å². The van der Waals surface area contributed by atoms with Gasteiger partial charge in [-0.15, -0.1) is 0 Å². The van der Waals surface area contributed by atoms with Crippen molar-refractivity contribution in [2.45, 2.75) is 38.1 Å². The van der Waals surface area contributed by atoms with Crippen molar-refractivity contribution >= 4 is 7.12 Å². The number of nitrogens with zero attached hydrogens (tertiary/aromatic N) is 1. The maximum Gasteiger partial charge on any atom is 0.454 e. The Bertz CT molecular complexity index is 808. The molecule has 1 atom stereocenters. The zero-order valence-electron chi connectivity index (χ0n) is 14.8. The van der Waals surface area contributed by atoms with E-state index in [4.69, 9.17) is 14.1 Å². The number of benzene rings is 1. The molecule has 5 nitrogen and oxygen atoms in total. The zero-order valence-corrected chi connectivity index (χ0v) is 14.8. The van der Waals surface area contributed by atoms with E-state index in [2.05, 4.69) is 31.0 Å². The lowest BCUT2D eigenvalue weighted by molar-refractivity contribution is 0.134. The van der Waals surface area contributed by atoms with Gasteiger partial charge in [-0.2, -0.15) is 0 Å². The summed E-state index contributed by atoms with van der Waals surface area (Å²) in [5.41, 5.74) is 4.18. The summed E-state index contributed by atoms with van der Waals surface area (Å²) in [7, 11) is 0.991. The normalized spacial score (nSPS) is 21.1. The molecule has 1 unspecified atom stereocenters. The SMILES string of the molecule is COc1ccc(-c2cncc(C3COB(O)C3)c2)c2c1OC(C)(C)C2. The van der Waals surface area contributed by atoms with E-state index >= 15 is 0 Å². The van der Waals surface area contributed by atoms with Gasteiger partial charge in [0.2, 0.25) is 0 Å². The van der Waals surface area contributed by atoms with Crippen molar-refractivity contribution in [2.24, 2.45) is 0 Å². The molecule has 0 spiro atoms. The second kappa shape index (κ2) is 6.04. The van der Waals surface area contributed by atoms with Crippen molar-refractivity contribution in [3.05, 3.63) is 41.7 Å². The van der Waals surface area contributed by atoms with E-state index in [9.17, 15) is 5.02 Å². The summed E-state index contributed by atoms with van der Waals surface area (Å²) in [5, 5.41) is 9.62. The molecule has 1 saturated heterocycles. The van der Waals surface area contributed by atoms with E-state index < -0.39 is 7.12 Å². The number of hydrogen-bond acceptors (Lipinski definition) is 5. The number of rotatable bonds is 3. The fourth-order valence-corrected chi connectivity index (χ4v) is 3.73. The Morgan fingerprint density at radius 2 is 2.16 bits per heavy atom. The summed E-state index contributed by atoms with van der Waals surface area (Å²) in [6, 6.07) is 6.17. The average molecular weight is 339 g/mol. The molecule has 0 amide bonds. The smallest absolute Gasteiger partial charge is 0.454 e. The Hall–Kier alpha value is -2.05. The minimum Gasteiger partial charge on any atom is -0.493 e. The third-order valence-electron chi connectivity index (χ3n) is 4.94. The van der Waals surface area contributed by atoms with Gasteiger partial charge in [0.1, 0.15) is 5.60 Å². The number of aromatic nitrogens is 1. The highest BCUT2D eigenvalue weighted by molar-refractivity contribution is 6.43. The maximum absolute atomic E-state index is 9.62. The Kier molecular flexibility index (Phi) is 3.97. The minimum absolute atomic E-state index is 0.182. The van der Waals surface area contributed by atoms with E-state index in [-0.39, 0.29) is 11.5 Å². The molecular formula is C19H22BNO4. The van der Waals surface area contributed by atoms with Gasteiger partial charge in [-0.25, -0.2) is 0 Å². The molecule has 1 aromatic carbocycles. The number of hydrogen-bond donors (Lipinski definition) is 1. The summed E-state index contributed by atoms with van der Waals surface area (Å²) in [5.74, 6) is 1.78. The lowest BCUT2D eigenvalue weighted by Crippen LogP contribution is -2.24. The summed E-state index contributed by atoms with van der Waals surface area (Å²) >= 11 is 0. The molecule has 0 radical (unpaired) electrons. The maximum atomic E-state index is 9.62. The third-order valence-corrected chi connectivity index (χ3v) is 4.94. The fourth-order valence-electron chi connectivity index (χ4n) is 3.73. The van der Waals surface area contributed by atoms with Crippen molar-refractivity contribution in [3.8, 4) is 22.6 Å². The largest absolute Gasteiger partial charge is 0.493 e. The van der Waals surface area contributed by atoms with Crippen LogP contribution < -0.4 is 9.47 Å². The molecule has 0 bridgehead atoms. The zero-order chi connectivity index (χ0) is 17.6. The summed E-state index contributed by atoms with van der Waals surface area (Å²) in [6.45, 7) is 4.70. The number of ether oxygens (including phenoxy) is 2. The average Bonchev–Trinajstić information content (AvgIpc) is 3.16. The molecule has 2 aromatic rings. The first-order valence-electron chi connectivity index (χ1n) is 8.61. The molecular weight excluding hydrogens is 317 g/mol. The van der Waals surface area contributed by atoms with Crippen LogP contribution in [0.1, 0.15) is 30.9 Å². The van der Waals surface area contributed by atoms with Gasteiger partial charge < -0.3 is 19.2 Å². The molecule has 1 N–H and O–H groups in total. The van der Waals surface area contributed by atoms with Gasteiger partial charge in [0.05, 0.1) is 7.11 Å². The molecule has 2 aliphatic rings. The van der Waals surface area contributed by atoms with E-state index in [0.29, 0.717) is 12.9 Å². The van der Waals surface area contributed by atoms with Crippen LogP contribution in [0.4, 0.5) is 0 Å². The molecule has 25 heavy (non-hydrogen) atoms. The highest BCUT2D eigenvalue weighted by Gasteiger charge is 2.35. The molecule has 0 saturated carbocycles. The van der Waals surface area contributed by atoms with Gasteiger partial charge >= 0.3 is 7.12 Å². The molecule has 1 aromatic heterocycles. The van der Waals surface area contributed by atoms with Crippen LogP contribution in [0.25, 0.3) is 11.1 Å². The van der Waals surface area contributed by atoms with E-state index in [0.717, 1.165) is 40.2 Å². The van der Waals surface area contributed by atoms with Gasteiger partial charge in [-0.1, -0.05) is 6.07 Å². The third kappa shape index (κ3) is 3.00. The van der Waals surface area contributed by atoms with Gasteiger partial charge in [0, 0.05) is 42.5 Å². The van der Waals surface area contributed by atoms with Crippen LogP contribution in [0.2, 0.25) is 6.32 Å². The first-order valence-corrected chi connectivity index (χ1v) is 8.61. The first kappa shape index (κ1) is 16.4.